The third-order valence-corrected chi connectivity index (χ3v) is 3.12. The highest BCUT2D eigenvalue weighted by molar-refractivity contribution is 7.80. The second-order valence-electron chi connectivity index (χ2n) is 3.95. The number of rotatable bonds is 5. The second-order valence-corrected chi connectivity index (χ2v) is 4.80. The lowest BCUT2D eigenvalue weighted by atomic mass is 10.1. The Morgan fingerprint density at radius 2 is 2.25 bits per heavy atom. The topological polar surface area (TPSA) is 38.0 Å². The van der Waals surface area contributed by atoms with Gasteiger partial charge in [0.2, 0.25) is 0 Å². The predicted molar refractivity (Wildman–Crippen MR) is 75.3 cm³/mol. The predicted octanol–water partition coefficient (Wildman–Crippen LogP) is 3.43. The summed E-state index contributed by atoms with van der Waals surface area (Å²) in [4.78, 5) is 0.332. The minimum absolute atomic E-state index is 0.332. The highest BCUT2D eigenvalue weighted by atomic mass is 35.5. The Morgan fingerprint density at radius 1 is 1.56 bits per heavy atom. The van der Waals surface area contributed by atoms with Crippen LogP contribution in [0.25, 0.3) is 0 Å². The molecule has 0 spiro atoms. The first-order valence-corrected chi connectivity index (χ1v) is 6.16. The Bertz CT molecular complexity index is 379. The summed E-state index contributed by atoms with van der Waals surface area (Å²) in [7, 11) is 0. The molecule has 1 aromatic carbocycles. The molecule has 1 unspecified atom stereocenters. The molecule has 0 aliphatic rings. The average molecular weight is 257 g/mol. The molecule has 1 atom stereocenters. The summed E-state index contributed by atoms with van der Waals surface area (Å²) >= 11 is 11.0. The summed E-state index contributed by atoms with van der Waals surface area (Å²) in [5, 5.41) is 3.93. The number of nitrogens with two attached hydrogens (primary N) is 1. The van der Waals surface area contributed by atoms with E-state index in [2.05, 4.69) is 19.2 Å². The second kappa shape index (κ2) is 6.06. The lowest BCUT2D eigenvalue weighted by Crippen LogP contribution is -2.12. The first-order chi connectivity index (χ1) is 7.54. The maximum Gasteiger partial charge on any atom is 0.105 e. The van der Waals surface area contributed by atoms with Gasteiger partial charge in [0, 0.05) is 17.8 Å². The first-order valence-electron chi connectivity index (χ1n) is 5.37. The molecule has 4 heteroatoms. The van der Waals surface area contributed by atoms with Crippen molar-refractivity contribution in [3.63, 3.8) is 0 Å². The van der Waals surface area contributed by atoms with E-state index >= 15 is 0 Å². The Labute approximate surface area is 107 Å². The van der Waals surface area contributed by atoms with Gasteiger partial charge in [-0.05, 0) is 24.1 Å². The van der Waals surface area contributed by atoms with Gasteiger partial charge < -0.3 is 11.1 Å². The number of hydrogen-bond acceptors (Lipinski definition) is 2. The molecule has 3 N–H and O–H groups in total. The van der Waals surface area contributed by atoms with Gasteiger partial charge in [-0.25, -0.2) is 0 Å². The molecule has 0 aliphatic carbocycles. The van der Waals surface area contributed by atoms with Gasteiger partial charge in [0.15, 0.2) is 0 Å². The quantitative estimate of drug-likeness (QED) is 0.793. The standard InChI is InChI=1S/C12H17ClN2S/c1-3-8(2)7-15-9-4-5-10(12(14)16)11(13)6-9/h4-6,8,15H,3,7H2,1-2H3,(H2,14,16). The number of hydrogen-bond donors (Lipinski definition) is 2. The molecule has 0 fully saturated rings. The van der Waals surface area contributed by atoms with Crippen molar-refractivity contribution in [1.82, 2.24) is 0 Å². The molecule has 1 rings (SSSR count). The van der Waals surface area contributed by atoms with Crippen LogP contribution in [0.5, 0.6) is 0 Å². The lowest BCUT2D eigenvalue weighted by molar-refractivity contribution is 0.593. The van der Waals surface area contributed by atoms with Crippen LogP contribution in [-0.4, -0.2) is 11.5 Å². The molecule has 0 aromatic heterocycles. The molecular formula is C12H17ClN2S. The molecule has 0 radical (unpaired) electrons. The molecular weight excluding hydrogens is 240 g/mol. The minimum atomic E-state index is 0.332. The zero-order chi connectivity index (χ0) is 12.1. The van der Waals surface area contributed by atoms with Crippen LogP contribution >= 0.6 is 23.8 Å². The van der Waals surface area contributed by atoms with Crippen LogP contribution in [0.4, 0.5) is 5.69 Å². The Balaban J connectivity index is 2.70. The number of halogens is 1. The van der Waals surface area contributed by atoms with Crippen molar-refractivity contribution in [1.29, 1.82) is 0 Å². The van der Waals surface area contributed by atoms with E-state index in [4.69, 9.17) is 29.6 Å². The van der Waals surface area contributed by atoms with Crippen molar-refractivity contribution in [2.75, 3.05) is 11.9 Å². The third kappa shape index (κ3) is 3.65. The van der Waals surface area contributed by atoms with Crippen molar-refractivity contribution >= 4 is 34.5 Å². The molecule has 0 bridgehead atoms. The van der Waals surface area contributed by atoms with Gasteiger partial charge in [0.25, 0.3) is 0 Å². The van der Waals surface area contributed by atoms with Gasteiger partial charge in [0.05, 0.1) is 5.02 Å². The van der Waals surface area contributed by atoms with Crippen LogP contribution in [0.1, 0.15) is 25.8 Å². The molecule has 0 saturated heterocycles. The molecule has 1 aromatic rings. The number of thiocarbonyl (C=S) groups is 1. The van der Waals surface area contributed by atoms with Crippen LogP contribution in [0.15, 0.2) is 18.2 Å². The van der Waals surface area contributed by atoms with Gasteiger partial charge in [-0.3, -0.25) is 0 Å². The van der Waals surface area contributed by atoms with Crippen molar-refractivity contribution < 1.29 is 0 Å². The van der Waals surface area contributed by atoms with Gasteiger partial charge in [-0.15, -0.1) is 0 Å². The van der Waals surface area contributed by atoms with Crippen molar-refractivity contribution in [2.24, 2.45) is 11.7 Å². The monoisotopic (exact) mass is 256 g/mol. The summed E-state index contributed by atoms with van der Waals surface area (Å²) in [5.74, 6) is 0.647. The summed E-state index contributed by atoms with van der Waals surface area (Å²) in [6.45, 7) is 5.33. The van der Waals surface area contributed by atoms with Crippen LogP contribution in [-0.2, 0) is 0 Å². The van der Waals surface area contributed by atoms with Gasteiger partial charge in [-0.2, -0.15) is 0 Å². The van der Waals surface area contributed by atoms with E-state index in [0.29, 0.717) is 15.9 Å². The molecule has 2 nitrogen and oxygen atoms in total. The maximum absolute atomic E-state index is 6.07. The largest absolute Gasteiger partial charge is 0.389 e. The van der Waals surface area contributed by atoms with Crippen molar-refractivity contribution in [2.45, 2.75) is 20.3 Å². The zero-order valence-corrected chi connectivity index (χ0v) is 11.2. The van der Waals surface area contributed by atoms with Crippen molar-refractivity contribution in [3.8, 4) is 0 Å². The molecule has 0 amide bonds. The number of nitrogens with one attached hydrogen (secondary N) is 1. The number of benzene rings is 1. The van der Waals surface area contributed by atoms with E-state index in [9.17, 15) is 0 Å². The highest BCUT2D eigenvalue weighted by Crippen LogP contribution is 2.21. The zero-order valence-electron chi connectivity index (χ0n) is 9.59. The van der Waals surface area contributed by atoms with Gasteiger partial charge >= 0.3 is 0 Å². The summed E-state index contributed by atoms with van der Waals surface area (Å²) in [6.07, 6.45) is 1.16. The van der Waals surface area contributed by atoms with E-state index in [0.717, 1.165) is 24.2 Å². The van der Waals surface area contributed by atoms with E-state index in [1.807, 2.05) is 18.2 Å². The highest BCUT2D eigenvalue weighted by Gasteiger charge is 2.04. The smallest absolute Gasteiger partial charge is 0.105 e. The van der Waals surface area contributed by atoms with E-state index in [-0.39, 0.29) is 0 Å². The van der Waals surface area contributed by atoms with E-state index in [1.165, 1.54) is 0 Å². The SMILES string of the molecule is CCC(C)CNc1ccc(C(N)=S)c(Cl)c1. The fraction of sp³-hybridized carbons (Fsp3) is 0.417. The maximum atomic E-state index is 6.07. The van der Waals surface area contributed by atoms with Gasteiger partial charge in [0.1, 0.15) is 4.99 Å². The molecule has 0 saturated carbocycles. The van der Waals surface area contributed by atoms with Crippen LogP contribution in [0.3, 0.4) is 0 Å². The summed E-state index contributed by atoms with van der Waals surface area (Å²) in [5.41, 5.74) is 7.27. The fourth-order valence-corrected chi connectivity index (χ4v) is 1.78. The van der Waals surface area contributed by atoms with Gasteiger partial charge in [-0.1, -0.05) is 44.1 Å². The third-order valence-electron chi connectivity index (χ3n) is 2.59. The molecule has 16 heavy (non-hydrogen) atoms. The van der Waals surface area contributed by atoms with E-state index < -0.39 is 0 Å². The molecule has 0 heterocycles. The normalized spacial score (nSPS) is 12.2. The minimum Gasteiger partial charge on any atom is -0.389 e. The van der Waals surface area contributed by atoms with Crippen LogP contribution in [0.2, 0.25) is 5.02 Å². The Morgan fingerprint density at radius 3 is 2.75 bits per heavy atom. The number of anilines is 1. The van der Waals surface area contributed by atoms with E-state index in [1.54, 1.807) is 0 Å². The lowest BCUT2D eigenvalue weighted by Gasteiger charge is -2.12. The summed E-state index contributed by atoms with van der Waals surface area (Å²) in [6, 6.07) is 5.66. The Kier molecular flexibility index (Phi) is 5.03. The average Bonchev–Trinajstić information content (AvgIpc) is 2.25. The summed E-state index contributed by atoms with van der Waals surface area (Å²) < 4.78 is 0. The molecule has 0 aliphatic heterocycles. The first kappa shape index (κ1) is 13.3. The molecule has 88 valence electrons. The van der Waals surface area contributed by atoms with Crippen LogP contribution in [0, 0.1) is 5.92 Å². The fourth-order valence-electron chi connectivity index (χ4n) is 1.26. The Hall–Kier alpha value is -0.800. The van der Waals surface area contributed by atoms with Crippen LogP contribution < -0.4 is 11.1 Å². The van der Waals surface area contributed by atoms with Crippen molar-refractivity contribution in [3.05, 3.63) is 28.8 Å².